The van der Waals surface area contributed by atoms with Gasteiger partial charge in [0.15, 0.2) is 0 Å². The molecule has 3 rings (SSSR count). The Morgan fingerprint density at radius 2 is 1.67 bits per heavy atom. The predicted octanol–water partition coefficient (Wildman–Crippen LogP) is 4.74. The van der Waals surface area contributed by atoms with Gasteiger partial charge in [0, 0.05) is 16.7 Å². The highest BCUT2D eigenvalue weighted by molar-refractivity contribution is 6.05. The van der Waals surface area contributed by atoms with Crippen LogP contribution >= 0.6 is 0 Å². The van der Waals surface area contributed by atoms with Crippen molar-refractivity contribution in [2.75, 3.05) is 5.32 Å². The number of para-hydroxylation sites is 1. The van der Waals surface area contributed by atoms with Crippen molar-refractivity contribution in [2.24, 2.45) is 0 Å². The van der Waals surface area contributed by atoms with E-state index in [-0.39, 0.29) is 11.3 Å². The molecule has 0 fully saturated rings. The maximum atomic E-state index is 12.9. The molecule has 1 N–H and O–H groups in total. The van der Waals surface area contributed by atoms with E-state index < -0.39 is 0 Å². The normalized spacial score (nSPS) is 11.5. The largest absolute Gasteiger partial charge is 0.306 e. The van der Waals surface area contributed by atoms with Crippen LogP contribution in [0.3, 0.4) is 0 Å². The lowest BCUT2D eigenvalue weighted by Gasteiger charge is -2.16. The van der Waals surface area contributed by atoms with Gasteiger partial charge in [-0.2, -0.15) is 5.10 Å². The summed E-state index contributed by atoms with van der Waals surface area (Å²) in [4.78, 5) is 17.3. The van der Waals surface area contributed by atoms with Crippen molar-refractivity contribution >= 4 is 11.7 Å². The van der Waals surface area contributed by atoms with Crippen LogP contribution in [-0.2, 0) is 5.41 Å². The quantitative estimate of drug-likeness (QED) is 0.732. The Bertz CT molecular complexity index is 982. The first-order chi connectivity index (χ1) is 12.7. The number of amides is 1. The molecule has 2 heterocycles. The smallest absolute Gasteiger partial charge is 0.258 e. The number of hydrogen-bond donors (Lipinski definition) is 1. The summed E-state index contributed by atoms with van der Waals surface area (Å²) in [6, 6.07) is 13.5. The summed E-state index contributed by atoms with van der Waals surface area (Å²) in [6.45, 7) is 12.1. The number of aromatic nitrogens is 3. The van der Waals surface area contributed by atoms with Crippen LogP contribution in [0.2, 0.25) is 0 Å². The molecule has 3 aromatic rings. The minimum absolute atomic E-state index is 0.134. The third-order valence-electron chi connectivity index (χ3n) is 4.53. The number of carbonyl (C=O) groups excluding carboxylic acids is 1. The molecule has 0 aliphatic carbocycles. The van der Waals surface area contributed by atoms with Gasteiger partial charge in [-0.15, -0.1) is 0 Å². The molecule has 140 valence electrons. The van der Waals surface area contributed by atoms with Crippen molar-refractivity contribution in [2.45, 2.75) is 47.0 Å². The molecular formula is C22H26N4O. The zero-order valence-corrected chi connectivity index (χ0v) is 16.8. The molecule has 0 atom stereocenters. The predicted molar refractivity (Wildman–Crippen MR) is 109 cm³/mol. The molecule has 5 heteroatoms. The molecule has 0 saturated heterocycles. The molecule has 1 amide bonds. The first-order valence-electron chi connectivity index (χ1n) is 9.09. The van der Waals surface area contributed by atoms with E-state index in [1.807, 2.05) is 67.9 Å². The van der Waals surface area contributed by atoms with Gasteiger partial charge in [-0.25, -0.2) is 4.68 Å². The number of benzene rings is 1. The fourth-order valence-corrected chi connectivity index (χ4v) is 3.21. The standard InChI is InChI=1S/C22H26N4O/c1-14-12-13-18(16(3)23-14)21(27)24-20-15(2)19(22(4,5)6)25-26(20)17-10-8-7-9-11-17/h7-13H,1-6H3,(H,24,27). The topological polar surface area (TPSA) is 59.8 Å². The lowest BCUT2D eigenvalue weighted by Crippen LogP contribution is -2.17. The van der Waals surface area contributed by atoms with E-state index in [4.69, 9.17) is 5.10 Å². The van der Waals surface area contributed by atoms with Gasteiger partial charge in [-0.05, 0) is 45.0 Å². The van der Waals surface area contributed by atoms with Crippen molar-refractivity contribution in [3.63, 3.8) is 0 Å². The molecule has 2 aromatic heterocycles. The van der Waals surface area contributed by atoms with Gasteiger partial charge in [0.2, 0.25) is 0 Å². The van der Waals surface area contributed by atoms with Gasteiger partial charge >= 0.3 is 0 Å². The maximum Gasteiger partial charge on any atom is 0.258 e. The van der Waals surface area contributed by atoms with Gasteiger partial charge in [-0.1, -0.05) is 39.0 Å². The van der Waals surface area contributed by atoms with Crippen molar-refractivity contribution in [3.05, 3.63) is 70.7 Å². The summed E-state index contributed by atoms with van der Waals surface area (Å²) in [5, 5.41) is 7.89. The summed E-state index contributed by atoms with van der Waals surface area (Å²) < 4.78 is 1.81. The summed E-state index contributed by atoms with van der Waals surface area (Å²) >= 11 is 0. The Kier molecular flexibility index (Phi) is 4.87. The molecule has 0 aliphatic rings. The number of nitrogens with zero attached hydrogens (tertiary/aromatic N) is 3. The zero-order chi connectivity index (χ0) is 19.8. The average Bonchev–Trinajstić information content (AvgIpc) is 2.92. The van der Waals surface area contributed by atoms with Crippen molar-refractivity contribution in [1.82, 2.24) is 14.8 Å². The minimum Gasteiger partial charge on any atom is -0.306 e. The second-order valence-corrected chi connectivity index (χ2v) is 7.86. The number of aryl methyl sites for hydroxylation is 2. The number of hydrogen-bond acceptors (Lipinski definition) is 3. The summed E-state index contributed by atoms with van der Waals surface area (Å²) in [7, 11) is 0. The van der Waals surface area contributed by atoms with E-state index in [0.29, 0.717) is 17.1 Å². The van der Waals surface area contributed by atoms with Crippen molar-refractivity contribution in [3.8, 4) is 5.69 Å². The van der Waals surface area contributed by atoms with E-state index in [1.54, 1.807) is 0 Å². The Morgan fingerprint density at radius 1 is 1.00 bits per heavy atom. The van der Waals surface area contributed by atoms with Crippen LogP contribution in [0.25, 0.3) is 5.69 Å². The van der Waals surface area contributed by atoms with Gasteiger partial charge in [0.05, 0.1) is 22.6 Å². The first kappa shape index (κ1) is 18.8. The van der Waals surface area contributed by atoms with Crippen LogP contribution in [-0.4, -0.2) is 20.7 Å². The second-order valence-electron chi connectivity index (χ2n) is 7.86. The van der Waals surface area contributed by atoms with Crippen molar-refractivity contribution in [1.29, 1.82) is 0 Å². The lowest BCUT2D eigenvalue weighted by atomic mass is 9.90. The van der Waals surface area contributed by atoms with Gasteiger partial charge < -0.3 is 5.32 Å². The third-order valence-corrected chi connectivity index (χ3v) is 4.53. The fraction of sp³-hybridized carbons (Fsp3) is 0.318. The number of pyridine rings is 1. The molecule has 0 radical (unpaired) electrons. The van der Waals surface area contributed by atoms with Crippen molar-refractivity contribution < 1.29 is 4.79 Å². The highest BCUT2D eigenvalue weighted by Crippen LogP contribution is 2.31. The molecule has 1 aromatic carbocycles. The SMILES string of the molecule is Cc1ccc(C(=O)Nc2c(C)c(C(C)(C)C)nn2-c2ccccc2)c(C)n1. The van der Waals surface area contributed by atoms with E-state index >= 15 is 0 Å². The average molecular weight is 362 g/mol. The Balaban J connectivity index is 2.08. The lowest BCUT2D eigenvalue weighted by molar-refractivity contribution is 0.102. The second kappa shape index (κ2) is 6.99. The summed E-state index contributed by atoms with van der Waals surface area (Å²) in [6.07, 6.45) is 0. The monoisotopic (exact) mass is 362 g/mol. The minimum atomic E-state index is -0.180. The van der Waals surface area contributed by atoms with Crippen LogP contribution < -0.4 is 5.32 Å². The number of rotatable bonds is 3. The fourth-order valence-electron chi connectivity index (χ4n) is 3.21. The number of carbonyl (C=O) groups is 1. The first-order valence-corrected chi connectivity index (χ1v) is 9.09. The number of anilines is 1. The van der Waals surface area contributed by atoms with E-state index in [1.165, 1.54) is 0 Å². The van der Waals surface area contributed by atoms with Gasteiger partial charge in [0.1, 0.15) is 5.82 Å². The van der Waals surface area contributed by atoms with Gasteiger partial charge in [-0.3, -0.25) is 9.78 Å². The van der Waals surface area contributed by atoms with E-state index in [0.717, 1.165) is 22.6 Å². The molecule has 27 heavy (non-hydrogen) atoms. The highest BCUT2D eigenvalue weighted by Gasteiger charge is 2.26. The van der Waals surface area contributed by atoms with Crippen LogP contribution in [0.15, 0.2) is 42.5 Å². The molecule has 0 saturated carbocycles. The molecule has 5 nitrogen and oxygen atoms in total. The Hall–Kier alpha value is -2.95. The van der Waals surface area contributed by atoms with Crippen LogP contribution in [0, 0.1) is 20.8 Å². The summed E-state index contributed by atoms with van der Waals surface area (Å²) in [5.41, 5.74) is 4.88. The van der Waals surface area contributed by atoms with Crippen LogP contribution in [0.5, 0.6) is 0 Å². The molecule has 0 bridgehead atoms. The zero-order valence-electron chi connectivity index (χ0n) is 16.8. The number of nitrogens with one attached hydrogen (secondary N) is 1. The maximum absolute atomic E-state index is 12.9. The summed E-state index contributed by atoms with van der Waals surface area (Å²) in [5.74, 6) is 0.511. The van der Waals surface area contributed by atoms with Gasteiger partial charge in [0.25, 0.3) is 5.91 Å². The van der Waals surface area contributed by atoms with Crippen LogP contribution in [0.4, 0.5) is 5.82 Å². The van der Waals surface area contributed by atoms with E-state index in [2.05, 4.69) is 31.1 Å². The molecule has 0 aliphatic heterocycles. The highest BCUT2D eigenvalue weighted by atomic mass is 16.1. The Morgan fingerprint density at radius 3 is 2.26 bits per heavy atom. The van der Waals surface area contributed by atoms with E-state index in [9.17, 15) is 4.79 Å². The van der Waals surface area contributed by atoms with Crippen LogP contribution in [0.1, 0.15) is 53.8 Å². The molecule has 0 spiro atoms. The molecule has 0 unspecified atom stereocenters. The third kappa shape index (κ3) is 3.77. The Labute approximate surface area is 160 Å². The molecular weight excluding hydrogens is 336 g/mol.